The number of terminal acetylenes is 3. The Bertz CT molecular complexity index is 1230. The average molecular weight is 637 g/mol. The molecule has 0 unspecified atom stereocenters. The van der Waals surface area contributed by atoms with Gasteiger partial charge in [-0.1, -0.05) is 32.9 Å². The van der Waals surface area contributed by atoms with Crippen LogP contribution in [0.5, 0.6) is 0 Å². The molecular formula is C33H47F3N4O5. The minimum absolute atomic E-state index is 0.0520. The molecule has 1 atom stereocenters. The highest BCUT2D eigenvalue weighted by Gasteiger charge is 2.32. The van der Waals surface area contributed by atoms with Crippen LogP contribution >= 0.6 is 0 Å². The van der Waals surface area contributed by atoms with Crippen molar-refractivity contribution in [2.24, 2.45) is 11.7 Å². The standard InChI is InChI=1S/C10H6F3NO.C8H15N3O2.C5H10O2.C4H10.3C2H2/c11-10(12,13)9-5-8(15)6-3-1-2-4-7(6)14-9;1-10-5-7(12)11-4-2-3-6(11)8(9)13;1-5(2,3)7-4-6;1-4(2)3;3*1-2/h1-5H,(H,14,15);6,10H,2-5H2,1H3,(H2,9,13);4H,1-3H3;4H,1-3H3;3*1-2H/t;6-;;;;;/m.0...../s1. The molecule has 0 aliphatic carbocycles. The van der Waals surface area contributed by atoms with E-state index >= 15 is 0 Å². The molecule has 1 aromatic carbocycles. The summed E-state index contributed by atoms with van der Waals surface area (Å²) < 4.78 is 41.5. The number of amides is 2. The van der Waals surface area contributed by atoms with Crippen molar-refractivity contribution in [3.05, 3.63) is 46.2 Å². The summed E-state index contributed by atoms with van der Waals surface area (Å²) in [5.74, 6) is 0.380. The zero-order valence-corrected chi connectivity index (χ0v) is 27.1. The SMILES string of the molecule is C#C.C#C.C#C.CC(C)(C)OC=O.CC(C)C.CNCC(=O)N1CCC[C@H]1C(N)=O.O=c1cc(C(F)(F)F)[nH]c2ccccc12. The fraction of sp³-hybridized carbons (Fsp3) is 0.455. The van der Waals surface area contributed by atoms with E-state index < -0.39 is 23.2 Å². The molecule has 1 saturated heterocycles. The van der Waals surface area contributed by atoms with Gasteiger partial charge in [-0.25, -0.2) is 0 Å². The number of pyridine rings is 1. The fourth-order valence-corrected chi connectivity index (χ4v) is 3.11. The van der Waals surface area contributed by atoms with Crippen molar-refractivity contribution in [2.45, 2.75) is 72.2 Å². The Balaban J connectivity index is -0.000000254. The number of hydrogen-bond donors (Lipinski definition) is 3. The number of ether oxygens (including phenoxy) is 1. The quantitative estimate of drug-likeness (QED) is 0.332. The van der Waals surface area contributed by atoms with Crippen molar-refractivity contribution < 1.29 is 32.3 Å². The number of nitrogens with two attached hydrogens (primary N) is 1. The monoisotopic (exact) mass is 636 g/mol. The zero-order chi connectivity index (χ0) is 36.4. The maximum atomic E-state index is 12.3. The van der Waals surface area contributed by atoms with Crippen molar-refractivity contribution in [3.63, 3.8) is 0 Å². The lowest BCUT2D eigenvalue weighted by Crippen LogP contribution is -2.46. The van der Waals surface area contributed by atoms with Gasteiger partial charge in [0.1, 0.15) is 17.3 Å². The lowest BCUT2D eigenvalue weighted by molar-refractivity contribution is -0.141. The molecule has 9 nitrogen and oxygen atoms in total. The summed E-state index contributed by atoms with van der Waals surface area (Å²) in [7, 11) is 1.70. The fourth-order valence-electron chi connectivity index (χ4n) is 3.11. The summed E-state index contributed by atoms with van der Waals surface area (Å²) in [6.07, 6.45) is 21.0. The summed E-state index contributed by atoms with van der Waals surface area (Å²) >= 11 is 0. The average Bonchev–Trinajstić information content (AvgIpc) is 3.47. The van der Waals surface area contributed by atoms with E-state index in [1.165, 1.54) is 12.1 Å². The van der Waals surface area contributed by atoms with Crippen molar-refractivity contribution in [1.82, 2.24) is 15.2 Å². The van der Waals surface area contributed by atoms with E-state index in [0.717, 1.165) is 12.3 Å². The number of fused-ring (bicyclic) bond motifs is 1. The number of benzene rings is 1. The molecule has 12 heteroatoms. The number of carbonyl (C=O) groups excluding carboxylic acids is 3. The maximum absolute atomic E-state index is 12.3. The highest BCUT2D eigenvalue weighted by molar-refractivity contribution is 5.88. The number of carbonyl (C=O) groups is 3. The number of likely N-dealkylation sites (N-methyl/N-ethyl adjacent to an activating group) is 1. The van der Waals surface area contributed by atoms with Crippen LogP contribution in [0.1, 0.15) is 60.1 Å². The smallest absolute Gasteiger partial charge is 0.431 e. The molecule has 0 saturated carbocycles. The lowest BCUT2D eigenvalue weighted by atomic mass is 10.2. The van der Waals surface area contributed by atoms with Gasteiger partial charge in [-0.3, -0.25) is 19.2 Å². The predicted molar refractivity (Wildman–Crippen MR) is 175 cm³/mol. The molecular weight excluding hydrogens is 589 g/mol. The predicted octanol–water partition coefficient (Wildman–Crippen LogP) is 4.60. The first-order valence-electron chi connectivity index (χ1n) is 13.5. The topological polar surface area (TPSA) is 135 Å². The third-order valence-electron chi connectivity index (χ3n) is 4.67. The van der Waals surface area contributed by atoms with Gasteiger partial charge in [-0.05, 0) is 58.7 Å². The van der Waals surface area contributed by atoms with Crippen LogP contribution in [0, 0.1) is 44.5 Å². The molecule has 2 heterocycles. The van der Waals surface area contributed by atoms with Crippen LogP contribution in [0.2, 0.25) is 0 Å². The first-order chi connectivity index (χ1) is 20.9. The molecule has 4 N–H and O–H groups in total. The molecule has 0 bridgehead atoms. The summed E-state index contributed by atoms with van der Waals surface area (Å²) in [5.41, 5.74) is 3.39. The van der Waals surface area contributed by atoms with Crippen LogP contribution in [0.4, 0.5) is 13.2 Å². The number of para-hydroxylation sites is 1. The van der Waals surface area contributed by atoms with Gasteiger partial charge in [0.2, 0.25) is 11.8 Å². The van der Waals surface area contributed by atoms with E-state index in [2.05, 4.69) is 74.3 Å². The molecule has 3 rings (SSSR count). The first kappa shape index (κ1) is 47.2. The van der Waals surface area contributed by atoms with Crippen LogP contribution in [-0.4, -0.2) is 60.0 Å². The van der Waals surface area contributed by atoms with Gasteiger partial charge >= 0.3 is 6.18 Å². The second-order valence-electron chi connectivity index (χ2n) is 10.3. The molecule has 1 aliphatic rings. The molecule has 1 fully saturated rings. The number of rotatable bonds is 4. The number of aromatic nitrogens is 1. The summed E-state index contributed by atoms with van der Waals surface area (Å²) in [6.45, 7) is 13.3. The summed E-state index contributed by atoms with van der Waals surface area (Å²) in [4.78, 5) is 47.0. The highest BCUT2D eigenvalue weighted by Crippen LogP contribution is 2.27. The second kappa shape index (κ2) is 25.7. The van der Waals surface area contributed by atoms with Gasteiger partial charge in [0.25, 0.3) is 6.47 Å². The van der Waals surface area contributed by atoms with Crippen LogP contribution in [-0.2, 0) is 25.3 Å². The molecule has 250 valence electrons. The molecule has 1 aliphatic heterocycles. The number of hydrogen-bond acceptors (Lipinski definition) is 6. The van der Waals surface area contributed by atoms with Crippen LogP contribution in [0.25, 0.3) is 10.9 Å². The Morgan fingerprint density at radius 2 is 1.58 bits per heavy atom. The van der Waals surface area contributed by atoms with E-state index in [1.807, 2.05) is 20.8 Å². The molecule has 1 aromatic heterocycles. The zero-order valence-electron chi connectivity index (χ0n) is 27.1. The normalized spacial score (nSPS) is 12.9. The Morgan fingerprint density at radius 3 is 1.96 bits per heavy atom. The van der Waals surface area contributed by atoms with E-state index in [1.54, 1.807) is 24.1 Å². The Kier molecular flexibility index (Phi) is 27.0. The van der Waals surface area contributed by atoms with Crippen molar-refractivity contribution in [1.29, 1.82) is 0 Å². The Morgan fingerprint density at radius 1 is 1.09 bits per heavy atom. The van der Waals surface area contributed by atoms with Crippen LogP contribution in [0.15, 0.2) is 35.1 Å². The highest BCUT2D eigenvalue weighted by atomic mass is 19.4. The number of halogens is 3. The van der Waals surface area contributed by atoms with Gasteiger partial charge in [-0.2, -0.15) is 13.2 Å². The van der Waals surface area contributed by atoms with Crippen LogP contribution < -0.4 is 16.5 Å². The number of aromatic amines is 1. The minimum Gasteiger partial charge on any atom is -0.462 e. The number of primary amides is 1. The number of nitrogens with one attached hydrogen (secondary N) is 2. The molecule has 45 heavy (non-hydrogen) atoms. The van der Waals surface area contributed by atoms with E-state index in [0.29, 0.717) is 25.5 Å². The minimum atomic E-state index is -4.52. The largest absolute Gasteiger partial charge is 0.462 e. The molecule has 2 aromatic rings. The van der Waals surface area contributed by atoms with Crippen molar-refractivity contribution in [3.8, 4) is 38.5 Å². The van der Waals surface area contributed by atoms with Gasteiger partial charge < -0.3 is 25.7 Å². The second-order valence-corrected chi connectivity index (χ2v) is 10.3. The number of H-pyrrole nitrogens is 1. The van der Waals surface area contributed by atoms with Gasteiger partial charge in [0, 0.05) is 23.5 Å². The molecule has 0 spiro atoms. The first-order valence-corrected chi connectivity index (χ1v) is 13.5. The van der Waals surface area contributed by atoms with Crippen molar-refractivity contribution in [2.75, 3.05) is 20.1 Å². The third-order valence-corrected chi connectivity index (χ3v) is 4.67. The number of alkyl halides is 3. The third kappa shape index (κ3) is 22.5. The number of likely N-dealkylation sites (tertiary alicyclic amines) is 1. The van der Waals surface area contributed by atoms with Crippen molar-refractivity contribution >= 4 is 29.2 Å². The molecule has 0 radical (unpaired) electrons. The maximum Gasteiger partial charge on any atom is 0.431 e. The Labute approximate surface area is 265 Å². The Hall–Kier alpha value is -4.73. The lowest BCUT2D eigenvalue weighted by Gasteiger charge is -2.21. The number of nitrogens with zero attached hydrogens (tertiary/aromatic N) is 1. The van der Waals surface area contributed by atoms with E-state index in [9.17, 15) is 32.3 Å². The molecule has 2 amide bonds. The summed E-state index contributed by atoms with van der Waals surface area (Å²) in [5, 5.41) is 3.02. The van der Waals surface area contributed by atoms with E-state index in [4.69, 9.17) is 5.73 Å². The van der Waals surface area contributed by atoms with E-state index in [-0.39, 0.29) is 35.0 Å². The van der Waals surface area contributed by atoms with Crippen LogP contribution in [0.3, 0.4) is 0 Å². The van der Waals surface area contributed by atoms with Gasteiger partial charge in [0.05, 0.1) is 6.54 Å². The summed E-state index contributed by atoms with van der Waals surface area (Å²) in [6, 6.07) is 6.27. The van der Waals surface area contributed by atoms with Gasteiger partial charge in [0.15, 0.2) is 5.43 Å². The van der Waals surface area contributed by atoms with Gasteiger partial charge in [-0.15, -0.1) is 38.5 Å².